The number of ether oxygens (including phenoxy) is 3. The van der Waals surface area contributed by atoms with Crippen molar-refractivity contribution < 1.29 is 23.0 Å². The molecule has 0 saturated carbocycles. The quantitative estimate of drug-likeness (QED) is 0.549. The third-order valence-corrected chi connectivity index (χ3v) is 4.92. The monoisotopic (exact) mass is 410 g/mol. The molecule has 1 saturated heterocycles. The first-order valence-electron chi connectivity index (χ1n) is 10.0. The highest BCUT2D eigenvalue weighted by atomic mass is 19.1. The molecule has 30 heavy (non-hydrogen) atoms. The topological polar surface area (TPSA) is 57.9 Å². The highest BCUT2D eigenvalue weighted by molar-refractivity contribution is 5.34. The zero-order valence-corrected chi connectivity index (χ0v) is 16.5. The van der Waals surface area contributed by atoms with Crippen LogP contribution in [0.2, 0.25) is 0 Å². The summed E-state index contributed by atoms with van der Waals surface area (Å²) >= 11 is 0. The van der Waals surface area contributed by atoms with Gasteiger partial charge in [0.15, 0.2) is 12.1 Å². The molecule has 0 bridgehead atoms. The van der Waals surface area contributed by atoms with Gasteiger partial charge in [-0.15, -0.1) is 0 Å². The maximum atomic E-state index is 13.5. The van der Waals surface area contributed by atoms with Gasteiger partial charge in [-0.25, -0.2) is 4.39 Å². The van der Waals surface area contributed by atoms with Crippen LogP contribution in [0.5, 0.6) is 5.75 Å². The normalized spacial score (nSPS) is 17.4. The number of hydrogen-bond donors (Lipinski definition) is 0. The Balaban J connectivity index is 1.67. The average molecular weight is 410 g/mol. The Morgan fingerprint density at radius 1 is 1.03 bits per heavy atom. The molecule has 0 N–H and O–H groups in total. The van der Waals surface area contributed by atoms with Crippen LogP contribution < -0.4 is 10.2 Å². The van der Waals surface area contributed by atoms with Crippen molar-refractivity contribution in [2.24, 2.45) is 0 Å². The Hall–Kier alpha value is -2.96. The Kier molecular flexibility index (Phi) is 6.57. The Labute approximate surface area is 174 Å². The minimum atomic E-state index is -0.770. The predicted molar refractivity (Wildman–Crippen MR) is 109 cm³/mol. The van der Waals surface area contributed by atoms with Gasteiger partial charge in [-0.1, -0.05) is 42.5 Å². The van der Waals surface area contributed by atoms with E-state index in [1.165, 1.54) is 24.5 Å². The third-order valence-electron chi connectivity index (χ3n) is 4.92. The second-order valence-electron chi connectivity index (χ2n) is 7.12. The lowest BCUT2D eigenvalue weighted by molar-refractivity contribution is -0.184. The van der Waals surface area contributed by atoms with Gasteiger partial charge < -0.3 is 18.6 Å². The minimum absolute atomic E-state index is 0.0755. The molecule has 0 amide bonds. The molecule has 2 heterocycles. The van der Waals surface area contributed by atoms with E-state index in [-0.39, 0.29) is 29.4 Å². The summed E-state index contributed by atoms with van der Waals surface area (Å²) in [6.07, 6.45) is 2.79. The maximum Gasteiger partial charge on any atom is 0.227 e. The molecule has 6 heteroatoms. The van der Waals surface area contributed by atoms with E-state index < -0.39 is 12.4 Å². The summed E-state index contributed by atoms with van der Waals surface area (Å²) in [5.41, 5.74) is 1.25. The summed E-state index contributed by atoms with van der Waals surface area (Å²) in [4.78, 5) is 12.6. The maximum absolute atomic E-state index is 13.5. The van der Waals surface area contributed by atoms with Gasteiger partial charge in [-0.3, -0.25) is 4.79 Å². The number of halogens is 1. The molecule has 0 aliphatic carbocycles. The summed E-state index contributed by atoms with van der Waals surface area (Å²) in [5, 5.41) is 0. The van der Waals surface area contributed by atoms with E-state index >= 15 is 0 Å². The molecule has 2 unspecified atom stereocenters. The SMILES string of the molecule is O=c1ccoc(C(OC2CCCCO2)c2ccc(F)cc2)c1OCc1ccccc1. The lowest BCUT2D eigenvalue weighted by Gasteiger charge is -2.28. The first-order valence-corrected chi connectivity index (χ1v) is 10.0. The highest BCUT2D eigenvalue weighted by Gasteiger charge is 2.28. The van der Waals surface area contributed by atoms with Crippen LogP contribution in [0.3, 0.4) is 0 Å². The molecule has 2 aromatic carbocycles. The van der Waals surface area contributed by atoms with Crippen molar-refractivity contribution in [2.75, 3.05) is 6.61 Å². The van der Waals surface area contributed by atoms with E-state index in [9.17, 15) is 9.18 Å². The Bertz CT molecular complexity index is 994. The first kappa shape index (κ1) is 20.3. The molecule has 0 radical (unpaired) electrons. The molecule has 1 aliphatic heterocycles. The van der Waals surface area contributed by atoms with Crippen LogP contribution in [0.1, 0.15) is 42.3 Å². The second-order valence-corrected chi connectivity index (χ2v) is 7.12. The fourth-order valence-corrected chi connectivity index (χ4v) is 3.37. The van der Waals surface area contributed by atoms with E-state index in [1.54, 1.807) is 12.1 Å². The van der Waals surface area contributed by atoms with E-state index in [4.69, 9.17) is 18.6 Å². The average Bonchev–Trinajstić information content (AvgIpc) is 2.79. The highest BCUT2D eigenvalue weighted by Crippen LogP contribution is 2.34. The van der Waals surface area contributed by atoms with Crippen molar-refractivity contribution in [3.8, 4) is 5.75 Å². The van der Waals surface area contributed by atoms with E-state index in [0.29, 0.717) is 12.2 Å². The zero-order valence-electron chi connectivity index (χ0n) is 16.5. The summed E-state index contributed by atoms with van der Waals surface area (Å²) in [5.74, 6) is -0.0489. The summed E-state index contributed by atoms with van der Waals surface area (Å²) < 4.78 is 37.0. The Morgan fingerprint density at radius 2 is 1.83 bits per heavy atom. The largest absolute Gasteiger partial charge is 0.482 e. The van der Waals surface area contributed by atoms with Crippen molar-refractivity contribution in [3.05, 3.63) is 99.9 Å². The van der Waals surface area contributed by atoms with Crippen LogP contribution in [0.4, 0.5) is 4.39 Å². The van der Waals surface area contributed by atoms with Crippen molar-refractivity contribution in [1.29, 1.82) is 0 Å². The number of benzene rings is 2. The van der Waals surface area contributed by atoms with Gasteiger partial charge in [-0.05, 0) is 42.5 Å². The predicted octanol–water partition coefficient (Wildman–Crippen LogP) is 4.99. The van der Waals surface area contributed by atoms with E-state index in [2.05, 4.69) is 0 Å². The van der Waals surface area contributed by atoms with Crippen LogP contribution in [0, 0.1) is 5.82 Å². The minimum Gasteiger partial charge on any atom is -0.482 e. The summed E-state index contributed by atoms with van der Waals surface area (Å²) in [6.45, 7) is 0.815. The fraction of sp³-hybridized carbons (Fsp3) is 0.292. The molecule has 1 aliphatic rings. The van der Waals surface area contributed by atoms with Crippen molar-refractivity contribution in [3.63, 3.8) is 0 Å². The molecular weight excluding hydrogens is 387 g/mol. The van der Waals surface area contributed by atoms with Gasteiger partial charge in [0, 0.05) is 12.7 Å². The smallest absolute Gasteiger partial charge is 0.227 e. The van der Waals surface area contributed by atoms with Gasteiger partial charge in [-0.2, -0.15) is 0 Å². The molecular formula is C24H23FO5. The molecule has 156 valence electrons. The molecule has 4 rings (SSSR count). The van der Waals surface area contributed by atoms with Crippen molar-refractivity contribution >= 4 is 0 Å². The summed E-state index contributed by atoms with van der Waals surface area (Å²) in [7, 11) is 0. The molecule has 0 spiro atoms. The van der Waals surface area contributed by atoms with Crippen LogP contribution in [-0.2, 0) is 16.1 Å². The number of rotatable bonds is 7. The molecule has 3 aromatic rings. The summed E-state index contributed by atoms with van der Waals surface area (Å²) in [6, 6.07) is 16.8. The lowest BCUT2D eigenvalue weighted by Crippen LogP contribution is -2.26. The van der Waals surface area contributed by atoms with E-state index in [1.807, 2.05) is 30.3 Å². The lowest BCUT2D eigenvalue weighted by atomic mass is 10.1. The number of hydrogen-bond acceptors (Lipinski definition) is 5. The van der Waals surface area contributed by atoms with Crippen LogP contribution in [0.15, 0.2) is 76.1 Å². The molecule has 1 aromatic heterocycles. The van der Waals surface area contributed by atoms with Crippen LogP contribution in [0.25, 0.3) is 0 Å². The standard InChI is InChI=1S/C24H23FO5/c25-19-11-9-18(10-12-19)22(30-21-8-4-5-14-27-21)24-23(20(26)13-15-28-24)29-16-17-6-2-1-3-7-17/h1-3,6-7,9-13,15,21-22H,4-5,8,14,16H2. The van der Waals surface area contributed by atoms with Crippen LogP contribution in [-0.4, -0.2) is 12.9 Å². The van der Waals surface area contributed by atoms with Gasteiger partial charge >= 0.3 is 0 Å². The Morgan fingerprint density at radius 3 is 2.57 bits per heavy atom. The van der Waals surface area contributed by atoms with Crippen LogP contribution >= 0.6 is 0 Å². The third kappa shape index (κ3) is 4.96. The van der Waals surface area contributed by atoms with Crippen molar-refractivity contribution in [2.45, 2.75) is 38.3 Å². The zero-order chi connectivity index (χ0) is 20.8. The van der Waals surface area contributed by atoms with Gasteiger partial charge in [0.05, 0.1) is 6.26 Å². The second kappa shape index (κ2) is 9.69. The molecule has 5 nitrogen and oxygen atoms in total. The van der Waals surface area contributed by atoms with Gasteiger partial charge in [0.2, 0.25) is 11.2 Å². The first-order chi connectivity index (χ1) is 14.7. The van der Waals surface area contributed by atoms with Gasteiger partial charge in [0.1, 0.15) is 18.5 Å². The van der Waals surface area contributed by atoms with Gasteiger partial charge in [0.25, 0.3) is 0 Å². The molecule has 2 atom stereocenters. The molecule has 1 fully saturated rings. The van der Waals surface area contributed by atoms with E-state index in [0.717, 1.165) is 24.8 Å². The van der Waals surface area contributed by atoms with Crippen molar-refractivity contribution in [1.82, 2.24) is 0 Å². The fourth-order valence-electron chi connectivity index (χ4n) is 3.37.